The van der Waals surface area contributed by atoms with Gasteiger partial charge in [-0.25, -0.2) is 0 Å². The second kappa shape index (κ2) is 6.82. The van der Waals surface area contributed by atoms with Crippen molar-refractivity contribution in [1.82, 2.24) is 14.8 Å². The Morgan fingerprint density at radius 1 is 1.38 bits per heavy atom. The third kappa shape index (κ3) is 3.68. The fourth-order valence-corrected chi connectivity index (χ4v) is 3.01. The van der Waals surface area contributed by atoms with Gasteiger partial charge in [0.05, 0.1) is 13.2 Å². The maximum atomic E-state index is 10.3. The van der Waals surface area contributed by atoms with E-state index in [1.807, 2.05) is 42.7 Å². The van der Waals surface area contributed by atoms with E-state index in [0.29, 0.717) is 16.9 Å². The molecular formula is C14H20N4O2S. The van der Waals surface area contributed by atoms with Gasteiger partial charge < -0.3 is 15.6 Å². The SMILES string of the molecule is COc1cccc(C(O)CSc2nnc(N)n2C(C)C)c1. The van der Waals surface area contributed by atoms with Crippen molar-refractivity contribution in [3.63, 3.8) is 0 Å². The molecule has 114 valence electrons. The van der Waals surface area contributed by atoms with Crippen molar-refractivity contribution in [2.24, 2.45) is 0 Å². The lowest BCUT2D eigenvalue weighted by molar-refractivity contribution is 0.203. The summed E-state index contributed by atoms with van der Waals surface area (Å²) in [4.78, 5) is 0. The average molecular weight is 308 g/mol. The molecule has 1 heterocycles. The lowest BCUT2D eigenvalue weighted by Gasteiger charge is -2.14. The zero-order valence-corrected chi connectivity index (χ0v) is 13.2. The molecule has 0 fully saturated rings. The predicted octanol–water partition coefficient (Wildman–Crippen LogP) is 2.28. The van der Waals surface area contributed by atoms with Crippen LogP contribution in [-0.4, -0.2) is 32.7 Å². The van der Waals surface area contributed by atoms with Crippen LogP contribution in [0.4, 0.5) is 5.95 Å². The average Bonchev–Trinajstić information content (AvgIpc) is 2.85. The van der Waals surface area contributed by atoms with Crippen molar-refractivity contribution >= 4 is 17.7 Å². The normalized spacial score (nSPS) is 12.6. The van der Waals surface area contributed by atoms with E-state index >= 15 is 0 Å². The van der Waals surface area contributed by atoms with Crippen LogP contribution in [0.25, 0.3) is 0 Å². The molecule has 0 amide bonds. The van der Waals surface area contributed by atoms with Crippen LogP contribution in [0.1, 0.15) is 31.6 Å². The van der Waals surface area contributed by atoms with Crippen molar-refractivity contribution in [2.75, 3.05) is 18.6 Å². The minimum atomic E-state index is -0.608. The summed E-state index contributed by atoms with van der Waals surface area (Å²) in [6.45, 7) is 4.03. The number of aliphatic hydroxyl groups excluding tert-OH is 1. The fraction of sp³-hybridized carbons (Fsp3) is 0.429. The first-order valence-electron chi connectivity index (χ1n) is 6.68. The van der Waals surface area contributed by atoms with E-state index in [1.165, 1.54) is 11.8 Å². The molecule has 1 unspecified atom stereocenters. The highest BCUT2D eigenvalue weighted by Crippen LogP contribution is 2.28. The van der Waals surface area contributed by atoms with Gasteiger partial charge in [0.1, 0.15) is 5.75 Å². The highest BCUT2D eigenvalue weighted by molar-refractivity contribution is 7.99. The molecule has 0 bridgehead atoms. The summed E-state index contributed by atoms with van der Waals surface area (Å²) in [5.41, 5.74) is 6.61. The molecule has 0 radical (unpaired) electrons. The Balaban J connectivity index is 2.05. The van der Waals surface area contributed by atoms with Gasteiger partial charge >= 0.3 is 0 Å². The van der Waals surface area contributed by atoms with Gasteiger partial charge in [-0.15, -0.1) is 10.2 Å². The van der Waals surface area contributed by atoms with Crippen molar-refractivity contribution in [3.8, 4) is 5.75 Å². The molecule has 0 saturated heterocycles. The zero-order chi connectivity index (χ0) is 15.4. The zero-order valence-electron chi connectivity index (χ0n) is 12.4. The second-order valence-electron chi connectivity index (χ2n) is 4.91. The van der Waals surface area contributed by atoms with Gasteiger partial charge in [-0.05, 0) is 31.5 Å². The molecule has 0 aliphatic carbocycles. The Bertz CT molecular complexity index is 600. The number of hydrogen-bond donors (Lipinski definition) is 2. The Morgan fingerprint density at radius 3 is 2.81 bits per heavy atom. The number of nitrogens with zero attached hydrogens (tertiary/aromatic N) is 3. The summed E-state index contributed by atoms with van der Waals surface area (Å²) < 4.78 is 7.01. The topological polar surface area (TPSA) is 86.2 Å². The third-order valence-corrected chi connectivity index (χ3v) is 4.08. The molecule has 1 atom stereocenters. The summed E-state index contributed by atoms with van der Waals surface area (Å²) in [5.74, 6) is 1.59. The van der Waals surface area contributed by atoms with Gasteiger partial charge in [-0.1, -0.05) is 23.9 Å². The molecule has 0 aliphatic heterocycles. The van der Waals surface area contributed by atoms with Crippen LogP contribution in [-0.2, 0) is 0 Å². The molecule has 1 aromatic carbocycles. The number of anilines is 1. The summed E-state index contributed by atoms with van der Waals surface area (Å²) in [7, 11) is 1.61. The maximum absolute atomic E-state index is 10.3. The molecule has 21 heavy (non-hydrogen) atoms. The molecule has 1 aromatic heterocycles. The second-order valence-corrected chi connectivity index (χ2v) is 5.90. The van der Waals surface area contributed by atoms with Gasteiger partial charge in [0, 0.05) is 11.8 Å². The monoisotopic (exact) mass is 308 g/mol. The standard InChI is InChI=1S/C14H20N4O2S/c1-9(2)18-13(15)16-17-14(18)21-8-12(19)10-5-4-6-11(7-10)20-3/h4-7,9,12,19H,8H2,1-3H3,(H2,15,16). The Labute approximate surface area is 128 Å². The van der Waals surface area contributed by atoms with Crippen LogP contribution in [0.5, 0.6) is 5.75 Å². The molecule has 2 aromatic rings. The van der Waals surface area contributed by atoms with Crippen LogP contribution >= 0.6 is 11.8 Å². The van der Waals surface area contributed by atoms with E-state index in [-0.39, 0.29) is 6.04 Å². The molecule has 3 N–H and O–H groups in total. The van der Waals surface area contributed by atoms with Crippen LogP contribution < -0.4 is 10.5 Å². The van der Waals surface area contributed by atoms with E-state index < -0.39 is 6.10 Å². The largest absolute Gasteiger partial charge is 0.497 e. The van der Waals surface area contributed by atoms with E-state index in [9.17, 15) is 5.11 Å². The highest BCUT2D eigenvalue weighted by atomic mass is 32.2. The third-order valence-electron chi connectivity index (χ3n) is 3.06. The van der Waals surface area contributed by atoms with E-state index in [4.69, 9.17) is 10.5 Å². The number of aliphatic hydroxyl groups is 1. The molecule has 0 spiro atoms. The van der Waals surface area contributed by atoms with Crippen molar-refractivity contribution in [2.45, 2.75) is 31.1 Å². The van der Waals surface area contributed by atoms with E-state index in [2.05, 4.69) is 10.2 Å². The van der Waals surface area contributed by atoms with Crippen molar-refractivity contribution < 1.29 is 9.84 Å². The fourth-order valence-electron chi connectivity index (χ4n) is 1.97. The lowest BCUT2D eigenvalue weighted by atomic mass is 10.1. The number of hydrogen-bond acceptors (Lipinski definition) is 6. The van der Waals surface area contributed by atoms with Crippen LogP contribution in [0.3, 0.4) is 0 Å². The van der Waals surface area contributed by atoms with Crippen LogP contribution in [0.2, 0.25) is 0 Å². The Hall–Kier alpha value is -1.73. The van der Waals surface area contributed by atoms with Crippen molar-refractivity contribution in [3.05, 3.63) is 29.8 Å². The Morgan fingerprint density at radius 2 is 2.14 bits per heavy atom. The van der Waals surface area contributed by atoms with Gasteiger partial charge in [-0.2, -0.15) is 0 Å². The number of nitrogen functional groups attached to an aromatic ring is 1. The molecular weight excluding hydrogens is 288 g/mol. The van der Waals surface area contributed by atoms with Crippen LogP contribution in [0, 0.1) is 0 Å². The smallest absolute Gasteiger partial charge is 0.222 e. The summed E-state index contributed by atoms with van der Waals surface area (Å²) >= 11 is 1.43. The quantitative estimate of drug-likeness (QED) is 0.796. The first-order valence-corrected chi connectivity index (χ1v) is 7.66. The number of aromatic nitrogens is 3. The van der Waals surface area contributed by atoms with E-state index in [1.54, 1.807) is 7.11 Å². The molecule has 2 rings (SSSR count). The number of benzene rings is 1. The van der Waals surface area contributed by atoms with Gasteiger partial charge in [0.25, 0.3) is 0 Å². The minimum Gasteiger partial charge on any atom is -0.497 e. The summed E-state index contributed by atoms with van der Waals surface area (Å²) in [6, 6.07) is 7.58. The predicted molar refractivity (Wildman–Crippen MR) is 83.5 cm³/mol. The number of rotatable bonds is 6. The lowest BCUT2D eigenvalue weighted by Crippen LogP contribution is -2.08. The number of nitrogens with two attached hydrogens (primary N) is 1. The first-order chi connectivity index (χ1) is 10.0. The minimum absolute atomic E-state index is 0.177. The molecule has 6 nitrogen and oxygen atoms in total. The summed E-state index contributed by atoms with van der Waals surface area (Å²) in [6.07, 6.45) is -0.608. The van der Waals surface area contributed by atoms with Gasteiger partial charge in [0.15, 0.2) is 5.16 Å². The first kappa shape index (κ1) is 15.7. The molecule has 7 heteroatoms. The van der Waals surface area contributed by atoms with E-state index in [0.717, 1.165) is 11.3 Å². The summed E-state index contributed by atoms with van der Waals surface area (Å²) in [5, 5.41) is 18.9. The highest BCUT2D eigenvalue weighted by Gasteiger charge is 2.16. The number of ether oxygens (including phenoxy) is 1. The maximum Gasteiger partial charge on any atom is 0.222 e. The van der Waals surface area contributed by atoms with Crippen molar-refractivity contribution in [1.29, 1.82) is 0 Å². The van der Waals surface area contributed by atoms with Gasteiger partial charge in [0.2, 0.25) is 5.95 Å². The molecule has 0 aliphatic rings. The number of methoxy groups -OCH3 is 1. The van der Waals surface area contributed by atoms with Crippen LogP contribution in [0.15, 0.2) is 29.4 Å². The Kier molecular flexibility index (Phi) is 5.08. The number of thioether (sulfide) groups is 1. The van der Waals surface area contributed by atoms with Gasteiger partial charge in [-0.3, -0.25) is 4.57 Å². The molecule has 0 saturated carbocycles.